The Labute approximate surface area is 170 Å². The van der Waals surface area contributed by atoms with Crippen molar-refractivity contribution < 1.29 is 4.74 Å². The van der Waals surface area contributed by atoms with Crippen LogP contribution in [0.15, 0.2) is 29.9 Å². The number of hydrazone groups is 1. The number of methoxy groups -OCH3 is 1. The first-order chi connectivity index (χ1) is 11.1. The summed E-state index contributed by atoms with van der Waals surface area (Å²) >= 11 is 35.9. The van der Waals surface area contributed by atoms with Crippen molar-refractivity contribution in [3.8, 4) is 5.75 Å². The summed E-state index contributed by atoms with van der Waals surface area (Å²) in [6.07, 6.45) is 1.95. The molecular weight excluding hydrogens is 439 g/mol. The molecule has 1 aliphatic rings. The third-order valence-electron chi connectivity index (χ3n) is 3.32. The lowest BCUT2D eigenvalue weighted by Gasteiger charge is -2.38. The van der Waals surface area contributed by atoms with Gasteiger partial charge in [-0.05, 0) is 11.6 Å². The summed E-state index contributed by atoms with van der Waals surface area (Å²) in [7, 11) is 1.55. The molecule has 0 bridgehead atoms. The molecule has 1 unspecified atom stereocenters. The molecule has 1 aliphatic heterocycles. The number of hydrogen-bond acceptors (Lipinski definition) is 4. The third-order valence-corrected chi connectivity index (χ3v) is 4.59. The predicted molar refractivity (Wildman–Crippen MR) is 104 cm³/mol. The Balaban J connectivity index is 2.59. The van der Waals surface area contributed by atoms with E-state index in [-0.39, 0.29) is 6.42 Å². The highest BCUT2D eigenvalue weighted by molar-refractivity contribution is 6.68. The van der Waals surface area contributed by atoms with E-state index in [1.165, 1.54) is 0 Å². The molecule has 0 saturated heterocycles. The minimum absolute atomic E-state index is 0.273. The second kappa shape index (κ2) is 7.67. The van der Waals surface area contributed by atoms with E-state index >= 15 is 0 Å². The molecule has 0 saturated carbocycles. The topological polar surface area (TPSA) is 36.9 Å². The smallest absolute Gasteiger partial charge is 0.296 e. The number of benzene rings is 1. The molecule has 1 atom stereocenters. The van der Waals surface area contributed by atoms with Gasteiger partial charge >= 0.3 is 0 Å². The maximum atomic E-state index is 6.03. The fourth-order valence-corrected chi connectivity index (χ4v) is 2.88. The van der Waals surface area contributed by atoms with Gasteiger partial charge in [0.2, 0.25) is 3.79 Å². The van der Waals surface area contributed by atoms with Crippen LogP contribution in [0.2, 0.25) is 0 Å². The molecule has 1 N–H and O–H groups in total. The van der Waals surface area contributed by atoms with Crippen molar-refractivity contribution >= 4 is 81.4 Å². The summed E-state index contributed by atoms with van der Waals surface area (Å²) in [5.41, 5.74) is 4.81. The molecule has 0 fully saturated rings. The molecule has 0 spiro atoms. The summed E-state index contributed by atoms with van der Waals surface area (Å²) in [4.78, 5) is 0. The van der Waals surface area contributed by atoms with Crippen LogP contribution in [0.3, 0.4) is 0 Å². The quantitative estimate of drug-likeness (QED) is 0.499. The summed E-state index contributed by atoms with van der Waals surface area (Å²) in [6.45, 7) is 3.80. The van der Waals surface area contributed by atoms with Crippen LogP contribution in [0, 0.1) is 0 Å². The minimum Gasteiger partial charge on any atom is -0.496 e. The van der Waals surface area contributed by atoms with E-state index in [9.17, 15) is 0 Å². The Kier molecular flexibility index (Phi) is 6.47. The highest BCUT2D eigenvalue weighted by Gasteiger charge is 2.42. The lowest BCUT2D eigenvalue weighted by molar-refractivity contribution is 0.150. The lowest BCUT2D eigenvalue weighted by atomic mass is 9.97. The SMILES string of the molecule is C=Cc1cccc(OC)c1C1=NN(C(Cl)(Cl)Cl)NC(C(Cl)(Cl)Cl)C1. The molecule has 132 valence electrons. The molecule has 0 aliphatic carbocycles. The Morgan fingerprint density at radius 3 is 2.46 bits per heavy atom. The van der Waals surface area contributed by atoms with E-state index in [2.05, 4.69) is 17.1 Å². The van der Waals surface area contributed by atoms with Crippen molar-refractivity contribution in [1.82, 2.24) is 10.5 Å². The minimum atomic E-state index is -1.88. The predicted octanol–water partition coefficient (Wildman–Crippen LogP) is 5.32. The van der Waals surface area contributed by atoms with Crippen LogP contribution >= 0.6 is 69.6 Å². The third kappa shape index (κ3) is 4.55. The molecule has 1 aromatic carbocycles. The molecule has 2 rings (SSSR count). The number of alkyl halides is 6. The van der Waals surface area contributed by atoms with Crippen LogP contribution in [0.4, 0.5) is 0 Å². The normalized spacial score (nSPS) is 19.0. The first-order valence-electron chi connectivity index (χ1n) is 6.65. The first kappa shape index (κ1) is 20.2. The average molecular weight is 452 g/mol. The van der Waals surface area contributed by atoms with Gasteiger partial charge in [-0.15, -0.1) is 0 Å². The van der Waals surface area contributed by atoms with Gasteiger partial charge in [-0.1, -0.05) is 94.4 Å². The van der Waals surface area contributed by atoms with Gasteiger partial charge in [0.05, 0.1) is 18.9 Å². The van der Waals surface area contributed by atoms with Crippen molar-refractivity contribution in [2.45, 2.75) is 20.2 Å². The monoisotopic (exact) mass is 449 g/mol. The highest BCUT2D eigenvalue weighted by Crippen LogP contribution is 2.39. The fourth-order valence-electron chi connectivity index (χ4n) is 2.25. The van der Waals surface area contributed by atoms with Gasteiger partial charge in [0.15, 0.2) is 0 Å². The van der Waals surface area contributed by atoms with Crippen LogP contribution in [0.25, 0.3) is 6.08 Å². The molecule has 0 amide bonds. The van der Waals surface area contributed by atoms with Crippen molar-refractivity contribution in [2.24, 2.45) is 5.10 Å². The molecule has 1 heterocycles. The average Bonchev–Trinajstić information content (AvgIpc) is 2.51. The Hall–Kier alpha value is -0.0700. The van der Waals surface area contributed by atoms with Gasteiger partial charge in [0.1, 0.15) is 5.75 Å². The van der Waals surface area contributed by atoms with Gasteiger partial charge in [0.25, 0.3) is 3.92 Å². The number of rotatable bonds is 3. The van der Waals surface area contributed by atoms with Crippen LogP contribution in [-0.2, 0) is 0 Å². The van der Waals surface area contributed by atoms with Gasteiger partial charge in [-0.2, -0.15) is 10.2 Å². The second-order valence-corrected chi connectivity index (χ2v) is 9.47. The van der Waals surface area contributed by atoms with Gasteiger partial charge in [-0.3, -0.25) is 0 Å². The largest absolute Gasteiger partial charge is 0.496 e. The zero-order chi connectivity index (χ0) is 18.1. The summed E-state index contributed by atoms with van der Waals surface area (Å²) in [6, 6.07) is 4.81. The molecule has 0 radical (unpaired) electrons. The first-order valence-corrected chi connectivity index (χ1v) is 8.91. The number of nitrogens with one attached hydrogen (secondary N) is 1. The van der Waals surface area contributed by atoms with E-state index in [0.29, 0.717) is 17.0 Å². The van der Waals surface area contributed by atoms with Crippen LogP contribution in [0.5, 0.6) is 5.75 Å². The maximum Gasteiger partial charge on any atom is 0.296 e. The zero-order valence-corrected chi connectivity index (χ0v) is 16.9. The summed E-state index contributed by atoms with van der Waals surface area (Å²) in [5, 5.41) is 5.37. The number of ether oxygens (including phenoxy) is 1. The highest BCUT2D eigenvalue weighted by atomic mass is 35.6. The number of hydrazine groups is 1. The van der Waals surface area contributed by atoms with Crippen molar-refractivity contribution in [2.75, 3.05) is 7.11 Å². The Morgan fingerprint density at radius 1 is 1.29 bits per heavy atom. The number of hydrogen-bond donors (Lipinski definition) is 1. The van der Waals surface area contributed by atoms with E-state index in [1.54, 1.807) is 19.3 Å². The summed E-state index contributed by atoms with van der Waals surface area (Å²) < 4.78 is 1.89. The van der Waals surface area contributed by atoms with E-state index < -0.39 is 13.8 Å². The van der Waals surface area contributed by atoms with Crippen LogP contribution in [-0.4, -0.2) is 31.7 Å². The van der Waals surface area contributed by atoms with Crippen molar-refractivity contribution in [1.29, 1.82) is 0 Å². The van der Waals surface area contributed by atoms with Crippen molar-refractivity contribution in [3.05, 3.63) is 35.9 Å². The fraction of sp³-hybridized carbons (Fsp3) is 0.357. The van der Waals surface area contributed by atoms with Gasteiger partial charge in [-0.25, -0.2) is 5.43 Å². The number of nitrogens with zero attached hydrogens (tertiary/aromatic N) is 2. The molecule has 1 aromatic rings. The van der Waals surface area contributed by atoms with Gasteiger partial charge in [0, 0.05) is 12.0 Å². The van der Waals surface area contributed by atoms with E-state index in [4.69, 9.17) is 74.3 Å². The Morgan fingerprint density at radius 2 is 1.96 bits per heavy atom. The van der Waals surface area contributed by atoms with Crippen LogP contribution < -0.4 is 10.2 Å². The lowest BCUT2D eigenvalue weighted by Crippen LogP contribution is -2.56. The molecule has 24 heavy (non-hydrogen) atoms. The Bertz CT molecular complexity index is 653. The second-order valence-electron chi connectivity index (χ2n) is 4.88. The standard InChI is InChI=1S/C14H13Cl6N3O/c1-3-8-5-4-6-10(24-2)12(8)9-7-11(13(15,16)17)22-23(21-9)14(18,19)20/h3-6,11,22H,1,7H2,2H3. The summed E-state index contributed by atoms with van der Waals surface area (Å²) in [5.74, 6) is 0.584. The van der Waals surface area contributed by atoms with Crippen molar-refractivity contribution in [3.63, 3.8) is 0 Å². The molecule has 0 aromatic heterocycles. The zero-order valence-electron chi connectivity index (χ0n) is 12.4. The molecule has 4 nitrogen and oxygen atoms in total. The van der Waals surface area contributed by atoms with E-state index in [0.717, 1.165) is 10.7 Å². The van der Waals surface area contributed by atoms with Crippen LogP contribution in [0.1, 0.15) is 17.5 Å². The molecule has 10 heteroatoms. The number of halogens is 6. The van der Waals surface area contributed by atoms with E-state index in [1.807, 2.05) is 12.1 Å². The van der Waals surface area contributed by atoms with Gasteiger partial charge < -0.3 is 4.74 Å². The molecular formula is C14H13Cl6N3O. The maximum absolute atomic E-state index is 6.03.